The summed E-state index contributed by atoms with van der Waals surface area (Å²) in [7, 11) is 0. The molecular formula is C19H29F4IN4O2. The van der Waals surface area contributed by atoms with Crippen LogP contribution in [0.4, 0.5) is 17.6 Å². The van der Waals surface area contributed by atoms with Gasteiger partial charge in [-0.1, -0.05) is 6.07 Å². The number of benzene rings is 1. The number of aliphatic hydroxyl groups is 1. The summed E-state index contributed by atoms with van der Waals surface area (Å²) in [5.74, 6) is -0.679. The van der Waals surface area contributed by atoms with Gasteiger partial charge in [0.1, 0.15) is 5.82 Å². The molecule has 1 aliphatic heterocycles. The molecule has 30 heavy (non-hydrogen) atoms. The van der Waals surface area contributed by atoms with Gasteiger partial charge in [-0.15, -0.1) is 24.0 Å². The van der Waals surface area contributed by atoms with E-state index in [9.17, 15) is 22.7 Å². The first-order valence-corrected chi connectivity index (χ1v) is 9.51. The molecule has 0 radical (unpaired) electrons. The van der Waals surface area contributed by atoms with E-state index in [1.165, 1.54) is 0 Å². The van der Waals surface area contributed by atoms with Gasteiger partial charge in [-0.25, -0.2) is 9.38 Å². The molecule has 2 rings (SSSR count). The van der Waals surface area contributed by atoms with Crippen molar-refractivity contribution in [3.05, 3.63) is 35.1 Å². The molecule has 1 unspecified atom stereocenters. The van der Waals surface area contributed by atoms with Crippen LogP contribution in [0.5, 0.6) is 0 Å². The van der Waals surface area contributed by atoms with Crippen molar-refractivity contribution < 1.29 is 27.4 Å². The van der Waals surface area contributed by atoms with Crippen LogP contribution in [0.1, 0.15) is 25.0 Å². The largest absolute Gasteiger partial charge is 0.416 e. The van der Waals surface area contributed by atoms with Crippen molar-refractivity contribution >= 4 is 29.9 Å². The lowest BCUT2D eigenvalue weighted by atomic mass is 10.1. The molecule has 0 bridgehead atoms. The van der Waals surface area contributed by atoms with E-state index < -0.39 is 23.2 Å². The molecule has 1 heterocycles. The Labute approximate surface area is 191 Å². The highest BCUT2D eigenvalue weighted by atomic mass is 127. The zero-order chi connectivity index (χ0) is 21.5. The van der Waals surface area contributed by atoms with Gasteiger partial charge in [0.25, 0.3) is 0 Å². The Kier molecular flexibility index (Phi) is 10.8. The third kappa shape index (κ3) is 8.90. The van der Waals surface area contributed by atoms with Crippen molar-refractivity contribution in [2.24, 2.45) is 4.99 Å². The Balaban J connectivity index is 0.00000450. The molecule has 0 spiro atoms. The van der Waals surface area contributed by atoms with Gasteiger partial charge in [-0.2, -0.15) is 13.2 Å². The molecule has 0 aromatic heterocycles. The van der Waals surface area contributed by atoms with E-state index >= 15 is 0 Å². The molecule has 11 heteroatoms. The minimum absolute atomic E-state index is 0. The standard InChI is InChI=1S/C19H28F4N4O2.HI/c1-3-24-17(26-12-18(2,28)13-27-6-8-29-9-7-27)25-11-14-4-5-15(20)10-16(14)19(21,22)23;/h4-5,10,28H,3,6-9,11-13H2,1-2H3,(H2,24,25,26);1H. The lowest BCUT2D eigenvalue weighted by Crippen LogP contribution is -2.52. The number of halogens is 5. The highest BCUT2D eigenvalue weighted by molar-refractivity contribution is 14.0. The molecular weight excluding hydrogens is 519 g/mol. The topological polar surface area (TPSA) is 69.1 Å². The number of morpholine rings is 1. The van der Waals surface area contributed by atoms with Crippen LogP contribution in [-0.4, -0.2) is 67.5 Å². The molecule has 1 aromatic carbocycles. The van der Waals surface area contributed by atoms with Crippen molar-refractivity contribution in [1.82, 2.24) is 15.5 Å². The number of β-amino-alcohol motifs (C(OH)–C–C–N with tert-alkyl or cyclic N) is 1. The number of nitrogens with zero attached hydrogens (tertiary/aromatic N) is 2. The third-order valence-corrected chi connectivity index (χ3v) is 4.43. The number of hydrogen-bond donors (Lipinski definition) is 3. The summed E-state index contributed by atoms with van der Waals surface area (Å²) in [4.78, 5) is 6.25. The van der Waals surface area contributed by atoms with Gasteiger partial charge >= 0.3 is 6.18 Å². The monoisotopic (exact) mass is 548 g/mol. The number of alkyl halides is 3. The second-order valence-electron chi connectivity index (χ2n) is 7.23. The zero-order valence-electron chi connectivity index (χ0n) is 17.1. The van der Waals surface area contributed by atoms with Crippen LogP contribution >= 0.6 is 24.0 Å². The van der Waals surface area contributed by atoms with Crippen LogP contribution in [0.25, 0.3) is 0 Å². The van der Waals surface area contributed by atoms with Gasteiger partial charge in [0.05, 0.1) is 30.9 Å². The number of rotatable bonds is 7. The molecule has 0 aliphatic carbocycles. The Bertz CT molecular complexity index is 696. The second kappa shape index (κ2) is 12.0. The SMILES string of the molecule is CCNC(=NCc1ccc(F)cc1C(F)(F)F)NCC(C)(O)CN1CCOCC1.I. The minimum Gasteiger partial charge on any atom is -0.387 e. The molecule has 1 atom stereocenters. The summed E-state index contributed by atoms with van der Waals surface area (Å²) < 4.78 is 57.9. The fourth-order valence-corrected chi connectivity index (χ4v) is 3.03. The van der Waals surface area contributed by atoms with Crippen LogP contribution in [0.3, 0.4) is 0 Å². The normalized spacial score (nSPS) is 17.8. The Morgan fingerprint density at radius 2 is 1.90 bits per heavy atom. The summed E-state index contributed by atoms with van der Waals surface area (Å²) in [6, 6.07) is 2.53. The lowest BCUT2D eigenvalue weighted by molar-refractivity contribution is -0.138. The van der Waals surface area contributed by atoms with Crippen LogP contribution in [0.2, 0.25) is 0 Å². The molecule has 1 aliphatic rings. The van der Waals surface area contributed by atoms with Gasteiger partial charge < -0.3 is 20.5 Å². The van der Waals surface area contributed by atoms with Crippen molar-refractivity contribution in [3.8, 4) is 0 Å². The smallest absolute Gasteiger partial charge is 0.387 e. The maximum absolute atomic E-state index is 13.2. The van der Waals surface area contributed by atoms with Crippen LogP contribution in [0.15, 0.2) is 23.2 Å². The second-order valence-corrected chi connectivity index (χ2v) is 7.23. The fraction of sp³-hybridized carbons (Fsp3) is 0.632. The van der Waals surface area contributed by atoms with E-state index in [1.54, 1.807) is 6.92 Å². The van der Waals surface area contributed by atoms with Gasteiger partial charge in [0, 0.05) is 32.7 Å². The minimum atomic E-state index is -4.67. The Morgan fingerprint density at radius 3 is 2.50 bits per heavy atom. The number of hydrogen-bond acceptors (Lipinski definition) is 4. The van der Waals surface area contributed by atoms with Crippen molar-refractivity contribution in [2.45, 2.75) is 32.2 Å². The number of nitrogens with one attached hydrogen (secondary N) is 2. The van der Waals surface area contributed by atoms with Gasteiger partial charge in [-0.3, -0.25) is 4.90 Å². The maximum Gasteiger partial charge on any atom is 0.416 e. The quantitative estimate of drug-likeness (QED) is 0.212. The van der Waals surface area contributed by atoms with Crippen molar-refractivity contribution in [1.29, 1.82) is 0 Å². The first-order valence-electron chi connectivity index (χ1n) is 9.51. The number of aliphatic imine (C=N–C) groups is 1. The molecule has 0 amide bonds. The number of ether oxygens (including phenoxy) is 1. The summed E-state index contributed by atoms with van der Waals surface area (Å²) in [5.41, 5.74) is -2.24. The van der Waals surface area contributed by atoms with Gasteiger partial charge in [0.2, 0.25) is 0 Å². The first kappa shape index (κ1) is 26.9. The number of guanidine groups is 1. The van der Waals surface area contributed by atoms with Crippen LogP contribution in [0, 0.1) is 5.82 Å². The Hall–Kier alpha value is -1.18. The van der Waals surface area contributed by atoms with Gasteiger partial charge in [-0.05, 0) is 31.5 Å². The van der Waals surface area contributed by atoms with E-state index in [4.69, 9.17) is 4.74 Å². The summed E-state index contributed by atoms with van der Waals surface area (Å²) >= 11 is 0. The molecule has 6 nitrogen and oxygen atoms in total. The average molecular weight is 548 g/mol. The summed E-state index contributed by atoms with van der Waals surface area (Å²) in [6.07, 6.45) is -4.67. The van der Waals surface area contributed by atoms with Crippen LogP contribution < -0.4 is 10.6 Å². The van der Waals surface area contributed by atoms with E-state index in [1.807, 2.05) is 6.92 Å². The zero-order valence-corrected chi connectivity index (χ0v) is 19.4. The first-order chi connectivity index (χ1) is 13.6. The predicted octanol–water partition coefficient (Wildman–Crippen LogP) is 2.60. The molecule has 1 saturated heterocycles. The van der Waals surface area contributed by atoms with E-state index in [0.29, 0.717) is 32.4 Å². The van der Waals surface area contributed by atoms with Crippen LogP contribution in [-0.2, 0) is 17.5 Å². The van der Waals surface area contributed by atoms with E-state index in [2.05, 4.69) is 20.5 Å². The Morgan fingerprint density at radius 1 is 1.23 bits per heavy atom. The average Bonchev–Trinajstić information content (AvgIpc) is 2.64. The maximum atomic E-state index is 13.2. The molecule has 1 fully saturated rings. The summed E-state index contributed by atoms with van der Waals surface area (Å²) in [6.45, 7) is 7.00. The third-order valence-electron chi connectivity index (χ3n) is 4.43. The van der Waals surface area contributed by atoms with Crippen molar-refractivity contribution in [2.75, 3.05) is 45.9 Å². The molecule has 0 saturated carbocycles. The molecule has 3 N–H and O–H groups in total. The molecule has 172 valence electrons. The van der Waals surface area contributed by atoms with Crippen molar-refractivity contribution in [3.63, 3.8) is 0 Å². The highest BCUT2D eigenvalue weighted by Gasteiger charge is 2.33. The van der Waals surface area contributed by atoms with E-state index in [0.717, 1.165) is 25.2 Å². The summed E-state index contributed by atoms with van der Waals surface area (Å²) in [5, 5.41) is 16.5. The lowest BCUT2D eigenvalue weighted by Gasteiger charge is -2.34. The highest BCUT2D eigenvalue weighted by Crippen LogP contribution is 2.32. The predicted molar refractivity (Wildman–Crippen MR) is 118 cm³/mol. The fourth-order valence-electron chi connectivity index (χ4n) is 3.03. The van der Waals surface area contributed by atoms with Gasteiger partial charge in [0.15, 0.2) is 5.96 Å². The molecule has 1 aromatic rings. The van der Waals surface area contributed by atoms with E-state index in [-0.39, 0.29) is 48.6 Å².